The summed E-state index contributed by atoms with van der Waals surface area (Å²) in [5, 5.41) is 12.7. The Labute approximate surface area is 148 Å². The van der Waals surface area contributed by atoms with E-state index in [1.165, 1.54) is 0 Å². The van der Waals surface area contributed by atoms with Gasteiger partial charge in [0.1, 0.15) is 0 Å². The average molecular weight is 260 g/mol. The Morgan fingerprint density at radius 2 is 1.56 bits per heavy atom. The second kappa shape index (κ2) is 5.95. The van der Waals surface area contributed by atoms with E-state index in [2.05, 4.69) is 4.98 Å². The van der Waals surface area contributed by atoms with Crippen LogP contribution in [0.2, 0.25) is 0 Å². The van der Waals surface area contributed by atoms with Crippen LogP contribution in [0.4, 0.5) is 0 Å². The van der Waals surface area contributed by atoms with Gasteiger partial charge in [0.15, 0.2) is 0 Å². The summed E-state index contributed by atoms with van der Waals surface area (Å²) in [6.07, 6.45) is 0. The molecular formula is C15H11KNO+. The first-order valence-corrected chi connectivity index (χ1v) is 5.52. The van der Waals surface area contributed by atoms with Crippen LogP contribution in [0, 0.1) is 0 Å². The van der Waals surface area contributed by atoms with Crippen molar-refractivity contribution in [1.82, 2.24) is 0 Å². The van der Waals surface area contributed by atoms with Crippen molar-refractivity contribution in [3.05, 3.63) is 60.7 Å². The zero-order chi connectivity index (χ0) is 11.7. The second-order valence-corrected chi connectivity index (χ2v) is 3.96. The van der Waals surface area contributed by atoms with Gasteiger partial charge in [0.2, 0.25) is 11.2 Å². The largest absolute Gasteiger partial charge is 1.00 e. The van der Waals surface area contributed by atoms with Gasteiger partial charge in [-0.25, -0.2) is 4.98 Å². The molecule has 0 atom stereocenters. The first-order valence-electron chi connectivity index (χ1n) is 5.52. The van der Waals surface area contributed by atoms with E-state index in [0.29, 0.717) is 5.52 Å². The van der Waals surface area contributed by atoms with Gasteiger partial charge in [0.05, 0.1) is 0 Å². The minimum Gasteiger partial charge on any atom is -0.868 e. The molecule has 2 aromatic carbocycles. The third-order valence-electron chi connectivity index (χ3n) is 2.83. The number of fused-ring (bicyclic) bond motifs is 1. The molecule has 18 heavy (non-hydrogen) atoms. The van der Waals surface area contributed by atoms with Crippen molar-refractivity contribution in [2.45, 2.75) is 0 Å². The molecule has 1 aromatic heterocycles. The zero-order valence-corrected chi connectivity index (χ0v) is 13.3. The molecule has 0 fully saturated rings. The average Bonchev–Trinajstić information content (AvgIpc) is 2.40. The summed E-state index contributed by atoms with van der Waals surface area (Å²) < 4.78 is 0. The monoisotopic (exact) mass is 260 g/mol. The summed E-state index contributed by atoms with van der Waals surface area (Å²) in [7, 11) is 0. The van der Waals surface area contributed by atoms with E-state index in [4.69, 9.17) is 0 Å². The van der Waals surface area contributed by atoms with Gasteiger partial charge in [-0.1, -0.05) is 30.3 Å². The second-order valence-electron chi connectivity index (χ2n) is 3.96. The number of nitrogens with one attached hydrogen (secondary N) is 1. The van der Waals surface area contributed by atoms with E-state index in [1.54, 1.807) is 12.1 Å². The van der Waals surface area contributed by atoms with Crippen molar-refractivity contribution in [2.24, 2.45) is 0 Å². The molecule has 82 valence electrons. The van der Waals surface area contributed by atoms with Crippen LogP contribution in [0.3, 0.4) is 0 Å². The number of rotatable bonds is 1. The molecule has 3 aromatic rings. The fourth-order valence-corrected chi connectivity index (χ4v) is 1.96. The third-order valence-corrected chi connectivity index (χ3v) is 2.83. The van der Waals surface area contributed by atoms with Crippen molar-refractivity contribution >= 4 is 10.9 Å². The van der Waals surface area contributed by atoms with Crippen LogP contribution >= 0.6 is 0 Å². The Bertz CT molecular complexity index is 668. The first kappa shape index (κ1) is 13.7. The number of pyridine rings is 1. The standard InChI is InChI=1S/C15H11NO.K/c17-14-8-4-7-12-9-10-13(16-15(12)14)11-5-2-1-3-6-11;/h1-10,17H;/q;+1. The molecule has 1 N–H and O–H groups in total. The van der Waals surface area contributed by atoms with Crippen molar-refractivity contribution in [1.29, 1.82) is 0 Å². The molecule has 1 heterocycles. The fraction of sp³-hybridized carbons (Fsp3) is 0. The summed E-state index contributed by atoms with van der Waals surface area (Å²) in [5.74, 6) is 0.0280. The van der Waals surface area contributed by atoms with Crippen molar-refractivity contribution in [3.8, 4) is 17.0 Å². The van der Waals surface area contributed by atoms with Crippen LogP contribution in [0.15, 0.2) is 60.7 Å². The number of aromatic amines is 1. The van der Waals surface area contributed by atoms with E-state index in [0.717, 1.165) is 16.6 Å². The molecule has 3 heteroatoms. The van der Waals surface area contributed by atoms with Gasteiger partial charge in [-0.3, -0.25) is 0 Å². The number of aromatic nitrogens is 1. The minimum absolute atomic E-state index is 0. The predicted octanol–water partition coefficient (Wildman–Crippen LogP) is -0.602. The van der Waals surface area contributed by atoms with Crippen LogP contribution < -0.4 is 61.5 Å². The zero-order valence-electron chi connectivity index (χ0n) is 10.2. The van der Waals surface area contributed by atoms with Crippen LogP contribution in [0.1, 0.15) is 0 Å². The Balaban J connectivity index is 0.00000120. The number of benzene rings is 2. The van der Waals surface area contributed by atoms with Gasteiger partial charge < -0.3 is 5.11 Å². The molecule has 0 aliphatic rings. The van der Waals surface area contributed by atoms with Crippen LogP contribution in [-0.2, 0) is 0 Å². The molecule has 0 saturated heterocycles. The Hall–Kier alpha value is -0.714. The molecule has 2 nitrogen and oxygen atoms in total. The van der Waals surface area contributed by atoms with Gasteiger partial charge in [0.25, 0.3) is 0 Å². The van der Waals surface area contributed by atoms with Crippen LogP contribution in [0.25, 0.3) is 22.2 Å². The van der Waals surface area contributed by atoms with Crippen molar-refractivity contribution in [2.75, 3.05) is 0 Å². The summed E-state index contributed by atoms with van der Waals surface area (Å²) in [5.41, 5.74) is 2.70. The summed E-state index contributed by atoms with van der Waals surface area (Å²) in [6.45, 7) is 0. The maximum absolute atomic E-state index is 11.7. The Morgan fingerprint density at radius 3 is 2.33 bits per heavy atom. The SMILES string of the molecule is [K+].[O-]c1cccc2ccc(-c3ccccc3)[nH+]c12. The quantitative estimate of drug-likeness (QED) is 0.538. The minimum atomic E-state index is 0. The van der Waals surface area contributed by atoms with E-state index in [-0.39, 0.29) is 57.1 Å². The molecular weight excluding hydrogens is 249 g/mol. The fourth-order valence-electron chi connectivity index (χ4n) is 1.96. The molecule has 0 aliphatic heterocycles. The van der Waals surface area contributed by atoms with E-state index < -0.39 is 0 Å². The number of hydrogen-bond acceptors (Lipinski definition) is 1. The summed E-state index contributed by atoms with van der Waals surface area (Å²) in [6, 6.07) is 19.2. The molecule has 0 amide bonds. The van der Waals surface area contributed by atoms with Crippen LogP contribution in [0.5, 0.6) is 5.75 Å². The normalized spacial score (nSPS) is 10.0. The number of hydrogen-bond donors (Lipinski definition) is 0. The van der Waals surface area contributed by atoms with Gasteiger partial charge in [0, 0.05) is 17.0 Å². The predicted molar refractivity (Wildman–Crippen MR) is 65.4 cm³/mol. The molecule has 0 spiro atoms. The molecule has 0 aliphatic carbocycles. The van der Waals surface area contributed by atoms with E-state index in [1.807, 2.05) is 48.5 Å². The van der Waals surface area contributed by atoms with Crippen molar-refractivity contribution < 1.29 is 61.5 Å². The maximum Gasteiger partial charge on any atom is 1.00 e. The molecule has 3 rings (SSSR count). The molecule has 0 saturated carbocycles. The topological polar surface area (TPSA) is 37.2 Å². The van der Waals surface area contributed by atoms with Gasteiger partial charge in [-0.15, -0.1) is 0 Å². The van der Waals surface area contributed by atoms with Crippen LogP contribution in [-0.4, -0.2) is 0 Å². The maximum atomic E-state index is 11.7. The molecule has 0 unspecified atom stereocenters. The third kappa shape index (κ3) is 2.65. The summed E-state index contributed by atoms with van der Waals surface area (Å²) >= 11 is 0. The van der Waals surface area contributed by atoms with Gasteiger partial charge >= 0.3 is 51.4 Å². The van der Waals surface area contributed by atoms with Crippen molar-refractivity contribution in [3.63, 3.8) is 0 Å². The van der Waals surface area contributed by atoms with E-state index in [9.17, 15) is 5.11 Å². The first-order chi connectivity index (χ1) is 8.34. The number of H-pyrrole nitrogens is 1. The Morgan fingerprint density at radius 1 is 0.778 bits per heavy atom. The molecule has 0 radical (unpaired) electrons. The Kier molecular flexibility index (Phi) is 4.53. The summed E-state index contributed by atoms with van der Waals surface area (Å²) in [4.78, 5) is 3.20. The van der Waals surface area contributed by atoms with E-state index >= 15 is 0 Å². The van der Waals surface area contributed by atoms with Gasteiger partial charge in [-0.05, 0) is 30.0 Å². The van der Waals surface area contributed by atoms with Gasteiger partial charge in [-0.2, -0.15) is 0 Å². The number of para-hydroxylation sites is 1. The molecule has 0 bridgehead atoms. The smallest absolute Gasteiger partial charge is 0.868 e.